The Labute approximate surface area is 275 Å². The number of carbonyl (C=O) groups is 1. The van der Waals surface area contributed by atoms with Crippen LogP contribution in [0.2, 0.25) is 5.02 Å². The number of hydrogen-bond donors (Lipinski definition) is 1. The number of methoxy groups -OCH3 is 2. The molecule has 1 spiro atoms. The smallest absolute Gasteiger partial charge is 0.251 e. The van der Waals surface area contributed by atoms with E-state index in [1.807, 2.05) is 31.4 Å². The van der Waals surface area contributed by atoms with E-state index in [4.69, 9.17) is 25.8 Å². The van der Waals surface area contributed by atoms with Crippen LogP contribution in [0.4, 0.5) is 5.69 Å². The van der Waals surface area contributed by atoms with E-state index in [1.54, 1.807) is 14.2 Å². The lowest BCUT2D eigenvalue weighted by atomic mass is 9.64. The molecule has 2 aromatic carbocycles. The highest BCUT2D eigenvalue weighted by Gasteiger charge is 2.47. The van der Waals surface area contributed by atoms with Gasteiger partial charge < -0.3 is 24.4 Å². The molecule has 2 aromatic rings. The number of fused-ring (bicyclic) bond motifs is 3. The Bertz CT molecular complexity index is 1360. The van der Waals surface area contributed by atoms with Crippen molar-refractivity contribution in [2.45, 2.75) is 76.7 Å². The zero-order valence-corrected chi connectivity index (χ0v) is 28.9. The second kappa shape index (κ2) is 14.5. The Hall–Kier alpha value is -2.54. The number of nitrogens with zero attached hydrogens (tertiary/aromatic N) is 1. The van der Waals surface area contributed by atoms with Crippen LogP contribution in [0, 0.1) is 23.7 Å². The average Bonchev–Trinajstić information content (AvgIpc) is 3.18. The molecule has 45 heavy (non-hydrogen) atoms. The molecule has 6 nitrogen and oxygen atoms in total. The monoisotopic (exact) mass is 636 g/mol. The molecule has 6 atom stereocenters. The van der Waals surface area contributed by atoms with Crippen LogP contribution in [-0.2, 0) is 21.3 Å². The summed E-state index contributed by atoms with van der Waals surface area (Å²) in [6.07, 6.45) is 12.3. The van der Waals surface area contributed by atoms with Crippen LogP contribution in [0.1, 0.15) is 80.8 Å². The minimum atomic E-state index is -0.334. The predicted octanol–water partition coefficient (Wildman–Crippen LogP) is 7.86. The largest absolute Gasteiger partial charge is 0.490 e. The molecule has 5 rings (SSSR count). The summed E-state index contributed by atoms with van der Waals surface area (Å²) in [6, 6.07) is 12.3. The zero-order chi connectivity index (χ0) is 32.2. The number of aryl methyl sites for hydroxylation is 1. The minimum Gasteiger partial charge on any atom is -0.490 e. The highest BCUT2D eigenvalue weighted by molar-refractivity contribution is 6.30. The van der Waals surface area contributed by atoms with Gasteiger partial charge in [-0.1, -0.05) is 43.7 Å². The zero-order valence-electron chi connectivity index (χ0n) is 28.2. The summed E-state index contributed by atoms with van der Waals surface area (Å²) < 4.78 is 18.2. The van der Waals surface area contributed by atoms with Gasteiger partial charge in [-0.25, -0.2) is 0 Å². The minimum absolute atomic E-state index is 0.0845. The number of hydrogen-bond acceptors (Lipinski definition) is 5. The molecule has 0 saturated heterocycles. The Morgan fingerprint density at radius 3 is 2.73 bits per heavy atom. The summed E-state index contributed by atoms with van der Waals surface area (Å²) in [6.45, 7) is 10.1. The van der Waals surface area contributed by atoms with E-state index in [9.17, 15) is 4.79 Å². The molecule has 7 heteroatoms. The maximum Gasteiger partial charge on any atom is 0.251 e. The van der Waals surface area contributed by atoms with Crippen LogP contribution in [0.3, 0.4) is 0 Å². The first-order valence-corrected chi connectivity index (χ1v) is 17.3. The molecule has 1 aliphatic heterocycles. The summed E-state index contributed by atoms with van der Waals surface area (Å²) in [7, 11) is 5.31. The lowest BCUT2D eigenvalue weighted by molar-refractivity contribution is -0.0622. The third kappa shape index (κ3) is 7.24. The fourth-order valence-electron chi connectivity index (χ4n) is 7.91. The first-order chi connectivity index (χ1) is 21.6. The third-order valence-electron chi connectivity index (χ3n) is 11.3. The third-order valence-corrected chi connectivity index (χ3v) is 11.5. The number of carbonyl (C=O) groups excluding carboxylic acids is 1. The number of nitrogens with one attached hydrogen (secondary N) is 1. The van der Waals surface area contributed by atoms with Crippen molar-refractivity contribution < 1.29 is 19.0 Å². The second-order valence-corrected chi connectivity index (χ2v) is 14.5. The fraction of sp³-hybridized carbons (Fsp3) is 0.605. The average molecular weight is 637 g/mol. The van der Waals surface area contributed by atoms with Gasteiger partial charge in [0.1, 0.15) is 5.75 Å². The number of benzene rings is 2. The molecule has 1 amide bonds. The highest BCUT2D eigenvalue weighted by atomic mass is 35.5. The molecule has 0 aromatic heterocycles. The Balaban J connectivity index is 1.41. The van der Waals surface area contributed by atoms with Crippen LogP contribution in [0.15, 0.2) is 48.6 Å². The highest BCUT2D eigenvalue weighted by Crippen LogP contribution is 2.48. The van der Waals surface area contributed by atoms with Crippen LogP contribution < -0.4 is 15.0 Å². The Morgan fingerprint density at radius 2 is 2.02 bits per heavy atom. The SMILES string of the molecule is CNC(=O)c1ccc2c(c1)N(CC1CCC1[C@](C)(/C=C/CC(C)C(C)CCOC)OC)C[C@@]1(CCCc3cc(Cl)ccc31)CO2. The van der Waals surface area contributed by atoms with Crippen LogP contribution in [0.25, 0.3) is 0 Å². The molecule has 246 valence electrons. The quantitative estimate of drug-likeness (QED) is 0.240. The number of anilines is 1. The maximum absolute atomic E-state index is 12.7. The van der Waals surface area contributed by atoms with E-state index in [0.717, 1.165) is 81.1 Å². The molecule has 1 heterocycles. The Kier molecular flexibility index (Phi) is 10.9. The van der Waals surface area contributed by atoms with Gasteiger partial charge in [0.25, 0.3) is 5.91 Å². The van der Waals surface area contributed by atoms with Gasteiger partial charge in [-0.2, -0.15) is 0 Å². The van der Waals surface area contributed by atoms with E-state index < -0.39 is 0 Å². The van der Waals surface area contributed by atoms with E-state index in [2.05, 4.69) is 55.3 Å². The molecule has 3 aliphatic rings. The van der Waals surface area contributed by atoms with Crippen molar-refractivity contribution in [2.75, 3.05) is 52.5 Å². The summed E-state index contributed by atoms with van der Waals surface area (Å²) in [5.74, 6) is 2.82. The van der Waals surface area contributed by atoms with E-state index >= 15 is 0 Å². The van der Waals surface area contributed by atoms with E-state index in [1.165, 1.54) is 11.1 Å². The van der Waals surface area contributed by atoms with Gasteiger partial charge in [0.05, 0.1) is 17.9 Å². The molecule has 0 radical (unpaired) electrons. The lowest BCUT2D eigenvalue weighted by Crippen LogP contribution is -2.52. The summed E-state index contributed by atoms with van der Waals surface area (Å²) in [4.78, 5) is 15.2. The molecule has 1 N–H and O–H groups in total. The van der Waals surface area contributed by atoms with Crippen molar-refractivity contribution in [3.05, 3.63) is 70.3 Å². The van der Waals surface area contributed by atoms with Crippen molar-refractivity contribution in [1.29, 1.82) is 0 Å². The van der Waals surface area contributed by atoms with Crippen molar-refractivity contribution in [3.8, 4) is 5.75 Å². The predicted molar refractivity (Wildman–Crippen MR) is 184 cm³/mol. The molecule has 1 fully saturated rings. The lowest BCUT2D eigenvalue weighted by Gasteiger charge is -2.49. The van der Waals surface area contributed by atoms with Crippen LogP contribution in [0.5, 0.6) is 5.75 Å². The Morgan fingerprint density at radius 1 is 1.20 bits per heavy atom. The first kappa shape index (κ1) is 33.8. The molecular formula is C38H53ClN2O4. The topological polar surface area (TPSA) is 60.0 Å². The van der Waals surface area contributed by atoms with Crippen molar-refractivity contribution in [2.24, 2.45) is 23.7 Å². The molecular weight excluding hydrogens is 584 g/mol. The van der Waals surface area contributed by atoms with Crippen molar-refractivity contribution in [1.82, 2.24) is 5.32 Å². The molecule has 0 bridgehead atoms. The summed E-state index contributed by atoms with van der Waals surface area (Å²) >= 11 is 6.45. The standard InChI is InChI=1S/C38H53ClN2O4/c1-26(27(2)17-20-43-5)9-7-18-37(3,44-6)32-14-11-30(32)23-41-24-38(19-8-10-28-21-31(39)13-15-33(28)38)25-45-35-16-12-29(22-34(35)41)36(42)40-4/h7,12-13,15-16,18,21-22,26-27,30,32H,8-11,14,17,19-20,23-25H2,1-6H3,(H,40,42)/b18-7+/t26?,27?,30?,32?,37-,38-/m0/s1. The van der Waals surface area contributed by atoms with Gasteiger partial charge in [0.15, 0.2) is 0 Å². The van der Waals surface area contributed by atoms with E-state index in [-0.39, 0.29) is 16.9 Å². The van der Waals surface area contributed by atoms with Gasteiger partial charge in [-0.3, -0.25) is 4.79 Å². The molecule has 1 saturated carbocycles. The first-order valence-electron chi connectivity index (χ1n) is 16.9. The molecule has 2 aliphatic carbocycles. The van der Waals surface area contributed by atoms with Crippen LogP contribution >= 0.6 is 11.6 Å². The van der Waals surface area contributed by atoms with Gasteiger partial charge in [-0.15, -0.1) is 0 Å². The summed E-state index contributed by atoms with van der Waals surface area (Å²) in [5.41, 5.74) is 3.86. The fourth-order valence-corrected chi connectivity index (χ4v) is 8.10. The normalized spacial score (nSPS) is 25.4. The number of ether oxygens (including phenoxy) is 3. The molecule has 4 unspecified atom stereocenters. The van der Waals surface area contributed by atoms with Gasteiger partial charge in [0.2, 0.25) is 0 Å². The van der Waals surface area contributed by atoms with Crippen molar-refractivity contribution >= 4 is 23.2 Å². The number of allylic oxidation sites excluding steroid dienone is 1. The number of rotatable bonds is 12. The van der Waals surface area contributed by atoms with Gasteiger partial charge >= 0.3 is 0 Å². The van der Waals surface area contributed by atoms with Gasteiger partial charge in [-0.05, 0) is 117 Å². The van der Waals surface area contributed by atoms with E-state index in [0.29, 0.717) is 35.8 Å². The summed E-state index contributed by atoms with van der Waals surface area (Å²) in [5, 5.41) is 3.58. The second-order valence-electron chi connectivity index (χ2n) is 14.1. The maximum atomic E-state index is 12.7. The van der Waals surface area contributed by atoms with Crippen molar-refractivity contribution in [3.63, 3.8) is 0 Å². The van der Waals surface area contributed by atoms with Crippen LogP contribution in [-0.4, -0.2) is 59.1 Å². The van der Waals surface area contributed by atoms with Gasteiger partial charge in [0, 0.05) is 57.0 Å². The number of halogens is 1. The number of amides is 1.